The van der Waals surface area contributed by atoms with E-state index >= 15 is 0 Å². The lowest BCUT2D eigenvalue weighted by molar-refractivity contribution is 0.0946. The second kappa shape index (κ2) is 11.2. The molecule has 0 radical (unpaired) electrons. The second-order valence-corrected chi connectivity index (χ2v) is 9.84. The molecular formula is C24H34N2O3S. The van der Waals surface area contributed by atoms with Crippen molar-refractivity contribution < 1.29 is 13.2 Å². The van der Waals surface area contributed by atoms with Crippen LogP contribution in [0.5, 0.6) is 0 Å². The number of anilines is 1. The van der Waals surface area contributed by atoms with Crippen LogP contribution in [-0.4, -0.2) is 27.1 Å². The maximum absolute atomic E-state index is 12.5. The molecule has 30 heavy (non-hydrogen) atoms. The molecule has 0 aromatic heterocycles. The third kappa shape index (κ3) is 7.17. The topological polar surface area (TPSA) is 66.5 Å². The lowest BCUT2D eigenvalue weighted by Gasteiger charge is -2.23. The van der Waals surface area contributed by atoms with Gasteiger partial charge in [-0.2, -0.15) is 0 Å². The molecule has 0 bridgehead atoms. The van der Waals surface area contributed by atoms with Crippen molar-refractivity contribution in [2.24, 2.45) is 5.92 Å². The fourth-order valence-corrected chi connectivity index (χ4v) is 4.21. The summed E-state index contributed by atoms with van der Waals surface area (Å²) in [6, 6.07) is 14.5. The molecule has 0 aliphatic heterocycles. The van der Waals surface area contributed by atoms with Crippen LogP contribution in [0.4, 0.5) is 5.69 Å². The molecule has 0 spiro atoms. The molecule has 0 aliphatic rings. The van der Waals surface area contributed by atoms with Crippen molar-refractivity contribution in [1.29, 1.82) is 0 Å². The van der Waals surface area contributed by atoms with Gasteiger partial charge >= 0.3 is 0 Å². The van der Waals surface area contributed by atoms with Gasteiger partial charge in [-0.25, -0.2) is 8.42 Å². The standard InChI is InChI=1S/C24H34N2O3S/c1-5-7-8-20(6-2)17-25-24(27)22-13-15-23(16-14-22)26(30(4,28)29)18-21-11-9-19(3)10-12-21/h9-16,20H,5-8,17-18H2,1-4H3,(H,25,27). The minimum Gasteiger partial charge on any atom is -0.352 e. The minimum absolute atomic E-state index is 0.124. The van der Waals surface area contributed by atoms with Crippen molar-refractivity contribution in [3.63, 3.8) is 0 Å². The number of sulfonamides is 1. The van der Waals surface area contributed by atoms with Gasteiger partial charge in [0.2, 0.25) is 10.0 Å². The minimum atomic E-state index is -3.46. The highest BCUT2D eigenvalue weighted by molar-refractivity contribution is 7.92. The molecule has 1 N–H and O–H groups in total. The third-order valence-corrected chi connectivity index (χ3v) is 6.50. The van der Waals surface area contributed by atoms with Crippen molar-refractivity contribution in [2.75, 3.05) is 17.1 Å². The fourth-order valence-electron chi connectivity index (χ4n) is 3.32. The van der Waals surface area contributed by atoms with Crippen molar-refractivity contribution >= 4 is 21.6 Å². The van der Waals surface area contributed by atoms with E-state index in [-0.39, 0.29) is 12.5 Å². The average Bonchev–Trinajstić information content (AvgIpc) is 2.72. The summed E-state index contributed by atoms with van der Waals surface area (Å²) in [4.78, 5) is 12.5. The summed E-state index contributed by atoms with van der Waals surface area (Å²) in [6.45, 7) is 7.23. The van der Waals surface area contributed by atoms with Crippen LogP contribution < -0.4 is 9.62 Å². The Balaban J connectivity index is 2.08. The van der Waals surface area contributed by atoms with Crippen LogP contribution in [0, 0.1) is 12.8 Å². The van der Waals surface area contributed by atoms with Crippen LogP contribution >= 0.6 is 0 Å². The van der Waals surface area contributed by atoms with Crippen LogP contribution in [0.15, 0.2) is 48.5 Å². The lowest BCUT2D eigenvalue weighted by Crippen LogP contribution is -2.30. The zero-order valence-electron chi connectivity index (χ0n) is 18.5. The van der Waals surface area contributed by atoms with E-state index in [1.54, 1.807) is 24.3 Å². The van der Waals surface area contributed by atoms with Gasteiger partial charge in [0.15, 0.2) is 0 Å². The molecular weight excluding hydrogens is 396 g/mol. The molecule has 1 amide bonds. The van der Waals surface area contributed by atoms with Crippen LogP contribution in [0.25, 0.3) is 0 Å². The average molecular weight is 431 g/mol. The molecule has 0 heterocycles. The zero-order chi connectivity index (χ0) is 22.1. The predicted molar refractivity (Wildman–Crippen MR) is 124 cm³/mol. The van der Waals surface area contributed by atoms with E-state index in [4.69, 9.17) is 0 Å². The number of nitrogens with one attached hydrogen (secondary N) is 1. The number of benzene rings is 2. The van der Waals surface area contributed by atoms with Crippen molar-refractivity contribution in [3.8, 4) is 0 Å². The van der Waals surface area contributed by atoms with E-state index in [9.17, 15) is 13.2 Å². The Kier molecular flexibility index (Phi) is 8.90. The lowest BCUT2D eigenvalue weighted by atomic mass is 9.99. The first-order valence-corrected chi connectivity index (χ1v) is 12.5. The molecule has 0 saturated heterocycles. The van der Waals surface area contributed by atoms with E-state index in [1.165, 1.54) is 17.0 Å². The van der Waals surface area contributed by atoms with Gasteiger partial charge in [-0.3, -0.25) is 9.10 Å². The highest BCUT2D eigenvalue weighted by Gasteiger charge is 2.18. The summed E-state index contributed by atoms with van der Waals surface area (Å²) in [5.41, 5.74) is 3.11. The highest BCUT2D eigenvalue weighted by atomic mass is 32.2. The molecule has 2 aromatic carbocycles. The molecule has 2 aromatic rings. The van der Waals surface area contributed by atoms with E-state index in [1.807, 2.05) is 31.2 Å². The van der Waals surface area contributed by atoms with Crippen LogP contribution in [0.2, 0.25) is 0 Å². The summed E-state index contributed by atoms with van der Waals surface area (Å²) in [7, 11) is -3.46. The Morgan fingerprint density at radius 1 is 1.03 bits per heavy atom. The summed E-state index contributed by atoms with van der Waals surface area (Å²) >= 11 is 0. The molecule has 1 atom stereocenters. The normalized spacial score (nSPS) is 12.4. The quantitative estimate of drug-likeness (QED) is 0.551. The molecule has 164 valence electrons. The Labute approximate surface area is 181 Å². The SMILES string of the molecule is CCCCC(CC)CNC(=O)c1ccc(N(Cc2ccc(C)cc2)S(C)(=O)=O)cc1. The summed E-state index contributed by atoms with van der Waals surface area (Å²) in [5.74, 6) is 0.365. The van der Waals surface area contributed by atoms with Crippen molar-refractivity contribution in [2.45, 2.75) is 53.0 Å². The molecule has 0 saturated carbocycles. The fraction of sp³-hybridized carbons (Fsp3) is 0.458. The molecule has 0 fully saturated rings. The van der Waals surface area contributed by atoms with E-state index in [0.717, 1.165) is 30.4 Å². The largest absolute Gasteiger partial charge is 0.352 e. The first-order valence-electron chi connectivity index (χ1n) is 10.7. The number of hydrogen-bond donors (Lipinski definition) is 1. The monoisotopic (exact) mass is 430 g/mol. The van der Waals surface area contributed by atoms with Crippen LogP contribution in [0.1, 0.15) is 61.0 Å². The summed E-state index contributed by atoms with van der Waals surface area (Å²) in [6.07, 6.45) is 5.69. The Bertz CT molecular complexity index is 906. The second-order valence-electron chi connectivity index (χ2n) is 7.93. The number of hydrogen-bond acceptors (Lipinski definition) is 3. The third-order valence-electron chi connectivity index (χ3n) is 5.36. The van der Waals surface area contributed by atoms with Crippen molar-refractivity contribution in [1.82, 2.24) is 5.32 Å². The highest BCUT2D eigenvalue weighted by Crippen LogP contribution is 2.22. The Morgan fingerprint density at radius 2 is 1.67 bits per heavy atom. The molecule has 6 heteroatoms. The van der Waals surface area contributed by atoms with Gasteiger partial charge in [0.25, 0.3) is 5.91 Å². The number of unbranched alkanes of at least 4 members (excludes halogenated alkanes) is 1. The predicted octanol–water partition coefficient (Wildman–Crippen LogP) is 4.91. The van der Waals surface area contributed by atoms with Gasteiger partial charge in [0, 0.05) is 12.1 Å². The number of carbonyl (C=O) groups excluding carboxylic acids is 1. The molecule has 5 nitrogen and oxygen atoms in total. The summed E-state index contributed by atoms with van der Waals surface area (Å²) in [5, 5.41) is 3.01. The first-order chi connectivity index (χ1) is 14.2. The molecule has 0 aliphatic carbocycles. The molecule has 1 unspecified atom stereocenters. The maximum Gasteiger partial charge on any atom is 0.251 e. The van der Waals surface area contributed by atoms with Gasteiger partial charge < -0.3 is 5.32 Å². The number of amides is 1. The maximum atomic E-state index is 12.5. The van der Waals surface area contributed by atoms with Gasteiger partial charge in [-0.05, 0) is 49.1 Å². The van der Waals surface area contributed by atoms with Gasteiger partial charge in [0.1, 0.15) is 0 Å². The summed E-state index contributed by atoms with van der Waals surface area (Å²) < 4.78 is 26.1. The Morgan fingerprint density at radius 3 is 2.20 bits per heavy atom. The van der Waals surface area contributed by atoms with Gasteiger partial charge in [0.05, 0.1) is 18.5 Å². The first kappa shape index (κ1) is 23.9. The number of aryl methyl sites for hydroxylation is 1. The van der Waals surface area contributed by atoms with Crippen molar-refractivity contribution in [3.05, 3.63) is 65.2 Å². The van der Waals surface area contributed by atoms with E-state index < -0.39 is 10.0 Å². The Hall–Kier alpha value is -2.34. The number of rotatable bonds is 11. The van der Waals surface area contributed by atoms with Gasteiger partial charge in [-0.1, -0.05) is 62.9 Å². The van der Waals surface area contributed by atoms with Gasteiger partial charge in [-0.15, -0.1) is 0 Å². The smallest absolute Gasteiger partial charge is 0.251 e. The van der Waals surface area contributed by atoms with E-state index in [0.29, 0.717) is 23.7 Å². The number of carbonyl (C=O) groups is 1. The number of nitrogens with zero attached hydrogens (tertiary/aromatic N) is 1. The van der Waals surface area contributed by atoms with E-state index in [2.05, 4.69) is 19.2 Å². The zero-order valence-corrected chi connectivity index (χ0v) is 19.3. The molecule has 2 rings (SSSR count). The van der Waals surface area contributed by atoms with Crippen LogP contribution in [-0.2, 0) is 16.6 Å². The van der Waals surface area contributed by atoms with Crippen LogP contribution in [0.3, 0.4) is 0 Å².